The van der Waals surface area contributed by atoms with E-state index >= 15 is 0 Å². The van der Waals surface area contributed by atoms with Crippen molar-refractivity contribution < 1.29 is 13.2 Å². The molecule has 7 heteroatoms. The minimum Gasteiger partial charge on any atom is -0.352 e. The predicted octanol–water partition coefficient (Wildman–Crippen LogP) is 1.44. The van der Waals surface area contributed by atoms with Crippen LogP contribution in [0.1, 0.15) is 12.0 Å². The Morgan fingerprint density at radius 2 is 2.12 bits per heavy atom. The van der Waals surface area contributed by atoms with Crippen LogP contribution < -0.4 is 5.32 Å². The largest absolute Gasteiger partial charge is 0.352 e. The third-order valence-corrected chi connectivity index (χ3v) is 5.78. The van der Waals surface area contributed by atoms with Crippen LogP contribution in [0.15, 0.2) is 48.8 Å². The van der Waals surface area contributed by atoms with Crippen molar-refractivity contribution in [2.75, 3.05) is 18.1 Å². The molecule has 0 bridgehead atoms. The van der Waals surface area contributed by atoms with Gasteiger partial charge in [-0.25, -0.2) is 13.1 Å². The Hall–Kier alpha value is -2.41. The molecule has 1 aliphatic rings. The highest BCUT2D eigenvalue weighted by Crippen LogP contribution is 2.17. The predicted molar refractivity (Wildman–Crippen MR) is 92.4 cm³/mol. The lowest BCUT2D eigenvalue weighted by Gasteiger charge is -2.07. The first kappa shape index (κ1) is 16.4. The number of amides is 1. The maximum absolute atomic E-state index is 11.8. The van der Waals surface area contributed by atoms with Gasteiger partial charge in [0, 0.05) is 24.4 Å². The van der Waals surface area contributed by atoms with Crippen LogP contribution in [0.3, 0.4) is 0 Å². The number of para-hydroxylation sites is 1. The lowest BCUT2D eigenvalue weighted by molar-refractivity contribution is -0.116. The van der Waals surface area contributed by atoms with Gasteiger partial charge in [-0.2, -0.15) is 5.10 Å². The third-order valence-electron chi connectivity index (χ3n) is 3.94. The van der Waals surface area contributed by atoms with E-state index in [-0.39, 0.29) is 23.3 Å². The van der Waals surface area contributed by atoms with E-state index in [9.17, 15) is 13.2 Å². The van der Waals surface area contributed by atoms with Crippen LogP contribution in [0.5, 0.6) is 0 Å². The normalized spacial score (nSPS) is 19.6. The average Bonchev–Trinajstić information content (AvgIpc) is 3.18. The van der Waals surface area contributed by atoms with Gasteiger partial charge in [0.25, 0.3) is 0 Å². The van der Waals surface area contributed by atoms with Crippen LogP contribution >= 0.6 is 0 Å². The van der Waals surface area contributed by atoms with E-state index in [0.29, 0.717) is 13.0 Å². The van der Waals surface area contributed by atoms with E-state index in [1.54, 1.807) is 17.0 Å². The maximum Gasteiger partial charge on any atom is 0.244 e. The Labute approximate surface area is 141 Å². The van der Waals surface area contributed by atoms with Gasteiger partial charge in [0.05, 0.1) is 23.4 Å². The molecule has 0 unspecified atom stereocenters. The Balaban J connectivity index is 1.52. The fraction of sp³-hybridized carbons (Fsp3) is 0.294. The fourth-order valence-corrected chi connectivity index (χ4v) is 4.52. The first-order chi connectivity index (χ1) is 11.5. The number of hydrogen-bond acceptors (Lipinski definition) is 4. The van der Waals surface area contributed by atoms with Crippen molar-refractivity contribution in [1.29, 1.82) is 0 Å². The highest BCUT2D eigenvalue weighted by atomic mass is 32.2. The van der Waals surface area contributed by atoms with E-state index in [2.05, 4.69) is 10.4 Å². The first-order valence-electron chi connectivity index (χ1n) is 7.78. The summed E-state index contributed by atoms with van der Waals surface area (Å²) in [5, 5.41) is 7.01. The Morgan fingerprint density at radius 1 is 1.33 bits per heavy atom. The van der Waals surface area contributed by atoms with Crippen molar-refractivity contribution in [3.63, 3.8) is 0 Å². The van der Waals surface area contributed by atoms with Crippen molar-refractivity contribution in [3.05, 3.63) is 54.4 Å². The van der Waals surface area contributed by atoms with Crippen LogP contribution in [0.2, 0.25) is 0 Å². The van der Waals surface area contributed by atoms with E-state index < -0.39 is 9.84 Å². The van der Waals surface area contributed by atoms with Crippen LogP contribution in [0.25, 0.3) is 11.8 Å². The quantitative estimate of drug-likeness (QED) is 0.832. The summed E-state index contributed by atoms with van der Waals surface area (Å²) in [6.07, 6.45) is 7.27. The number of hydrogen-bond donors (Lipinski definition) is 1. The van der Waals surface area contributed by atoms with Crippen molar-refractivity contribution in [2.45, 2.75) is 6.42 Å². The molecule has 1 aromatic carbocycles. The molecule has 126 valence electrons. The number of aromatic nitrogens is 2. The highest BCUT2D eigenvalue weighted by molar-refractivity contribution is 7.91. The molecule has 1 saturated heterocycles. The highest BCUT2D eigenvalue weighted by Gasteiger charge is 2.27. The molecule has 0 aliphatic carbocycles. The number of rotatable bonds is 5. The van der Waals surface area contributed by atoms with E-state index in [4.69, 9.17) is 0 Å². The van der Waals surface area contributed by atoms with Gasteiger partial charge < -0.3 is 5.32 Å². The van der Waals surface area contributed by atoms with Crippen LogP contribution in [-0.2, 0) is 14.6 Å². The van der Waals surface area contributed by atoms with Gasteiger partial charge in [-0.1, -0.05) is 18.2 Å². The molecule has 1 N–H and O–H groups in total. The maximum atomic E-state index is 11.8. The molecule has 1 atom stereocenters. The Bertz CT molecular complexity index is 841. The van der Waals surface area contributed by atoms with E-state index in [1.165, 1.54) is 6.08 Å². The smallest absolute Gasteiger partial charge is 0.244 e. The monoisotopic (exact) mass is 345 g/mol. The summed E-state index contributed by atoms with van der Waals surface area (Å²) in [5.74, 6) is 0.183. The number of benzene rings is 1. The number of sulfone groups is 1. The Morgan fingerprint density at radius 3 is 2.83 bits per heavy atom. The lowest BCUT2D eigenvalue weighted by atomic mass is 10.1. The molecule has 0 saturated carbocycles. The zero-order chi connectivity index (χ0) is 17.0. The molecular weight excluding hydrogens is 326 g/mol. The zero-order valence-electron chi connectivity index (χ0n) is 13.1. The fourth-order valence-electron chi connectivity index (χ4n) is 2.65. The molecule has 2 heterocycles. The summed E-state index contributed by atoms with van der Waals surface area (Å²) < 4.78 is 24.5. The summed E-state index contributed by atoms with van der Waals surface area (Å²) in [5.41, 5.74) is 1.77. The van der Waals surface area contributed by atoms with Gasteiger partial charge in [-0.3, -0.25) is 4.79 Å². The van der Waals surface area contributed by atoms with Gasteiger partial charge in [0.15, 0.2) is 9.84 Å². The summed E-state index contributed by atoms with van der Waals surface area (Å²) >= 11 is 0. The molecule has 0 spiro atoms. The molecule has 2 aromatic rings. The van der Waals surface area contributed by atoms with Gasteiger partial charge in [-0.05, 0) is 30.5 Å². The summed E-state index contributed by atoms with van der Waals surface area (Å²) in [6.45, 7) is 0.395. The number of nitrogens with zero attached hydrogens (tertiary/aromatic N) is 2. The second kappa shape index (κ2) is 7.00. The van der Waals surface area contributed by atoms with Gasteiger partial charge in [-0.15, -0.1) is 0 Å². The molecule has 0 radical (unpaired) electrons. The summed E-state index contributed by atoms with van der Waals surface area (Å²) in [7, 11) is -2.90. The minimum atomic E-state index is -2.90. The molecule has 1 amide bonds. The van der Waals surface area contributed by atoms with Gasteiger partial charge >= 0.3 is 0 Å². The second-order valence-electron chi connectivity index (χ2n) is 5.90. The van der Waals surface area contributed by atoms with Crippen LogP contribution in [0, 0.1) is 5.92 Å². The molecule has 3 rings (SSSR count). The lowest BCUT2D eigenvalue weighted by Crippen LogP contribution is -2.28. The van der Waals surface area contributed by atoms with Crippen molar-refractivity contribution in [3.8, 4) is 5.69 Å². The zero-order valence-corrected chi connectivity index (χ0v) is 13.9. The molecule has 1 fully saturated rings. The molecule has 24 heavy (non-hydrogen) atoms. The Kier molecular flexibility index (Phi) is 4.80. The summed E-state index contributed by atoms with van der Waals surface area (Å²) in [6, 6.07) is 9.70. The van der Waals surface area contributed by atoms with Crippen LogP contribution in [0.4, 0.5) is 0 Å². The number of carbonyl (C=O) groups excluding carboxylic acids is 1. The van der Waals surface area contributed by atoms with Crippen LogP contribution in [-0.4, -0.2) is 42.2 Å². The van der Waals surface area contributed by atoms with Crippen molar-refractivity contribution in [1.82, 2.24) is 15.1 Å². The number of nitrogens with one attached hydrogen (secondary N) is 1. The molecule has 6 nitrogen and oxygen atoms in total. The number of carbonyl (C=O) groups is 1. The molecule has 1 aromatic heterocycles. The topological polar surface area (TPSA) is 81.1 Å². The molecule has 1 aliphatic heterocycles. The van der Waals surface area contributed by atoms with Crippen molar-refractivity contribution >= 4 is 21.8 Å². The van der Waals surface area contributed by atoms with Gasteiger partial charge in [0.2, 0.25) is 5.91 Å². The third kappa shape index (κ3) is 4.32. The standard InChI is InChI=1S/C17H19N3O3S/c21-17(18-10-15-8-9-24(22,23)13-15)7-6-14-11-19-20(12-14)16-4-2-1-3-5-16/h1-7,11-12,15H,8-10,13H2,(H,18,21)/b7-6+/t15-/m0/s1. The van der Waals surface area contributed by atoms with Crippen molar-refractivity contribution in [2.24, 2.45) is 5.92 Å². The van der Waals surface area contributed by atoms with E-state index in [0.717, 1.165) is 11.3 Å². The summed E-state index contributed by atoms with van der Waals surface area (Å²) in [4.78, 5) is 11.8. The average molecular weight is 345 g/mol. The minimum absolute atomic E-state index is 0.0215. The van der Waals surface area contributed by atoms with E-state index in [1.807, 2.05) is 36.5 Å². The first-order valence-corrected chi connectivity index (χ1v) is 9.60. The second-order valence-corrected chi connectivity index (χ2v) is 8.13. The van der Waals surface area contributed by atoms with Gasteiger partial charge in [0.1, 0.15) is 0 Å². The SMILES string of the molecule is O=C(/C=C/c1cnn(-c2ccccc2)c1)NC[C@@H]1CCS(=O)(=O)C1. The molecular formula is C17H19N3O3S.